The molecule has 8 heteroatoms. The van der Waals surface area contributed by atoms with Crippen LogP contribution in [0.5, 0.6) is 5.75 Å². The third kappa shape index (κ3) is 4.17. The SMILES string of the molecule is O=C(Nc1ccc(OC2=NC=NC3SC=CC23)cc1)Nc1cccc(F)c1. The minimum Gasteiger partial charge on any atom is -0.442 e. The molecule has 27 heavy (non-hydrogen) atoms. The smallest absolute Gasteiger partial charge is 0.323 e. The van der Waals surface area contributed by atoms with Gasteiger partial charge >= 0.3 is 6.03 Å². The lowest BCUT2D eigenvalue weighted by atomic mass is 10.1. The summed E-state index contributed by atoms with van der Waals surface area (Å²) in [7, 11) is 0. The molecular formula is C19H15FN4O2S. The first-order valence-electron chi connectivity index (χ1n) is 8.20. The normalized spacial score (nSPS) is 20.0. The Morgan fingerprint density at radius 1 is 1.11 bits per heavy atom. The lowest BCUT2D eigenvalue weighted by Crippen LogP contribution is -2.28. The van der Waals surface area contributed by atoms with Crippen molar-refractivity contribution in [1.29, 1.82) is 0 Å². The van der Waals surface area contributed by atoms with E-state index in [9.17, 15) is 9.18 Å². The van der Waals surface area contributed by atoms with Gasteiger partial charge in [0, 0.05) is 11.4 Å². The van der Waals surface area contributed by atoms with Crippen LogP contribution in [0.3, 0.4) is 0 Å². The minimum absolute atomic E-state index is 0.0369. The number of amides is 2. The average Bonchev–Trinajstić information content (AvgIpc) is 3.13. The van der Waals surface area contributed by atoms with Crippen LogP contribution in [0, 0.1) is 11.7 Å². The van der Waals surface area contributed by atoms with E-state index < -0.39 is 11.8 Å². The zero-order valence-corrected chi connectivity index (χ0v) is 14.8. The molecule has 2 heterocycles. The second-order valence-corrected chi connectivity index (χ2v) is 6.86. The lowest BCUT2D eigenvalue weighted by Gasteiger charge is -2.19. The summed E-state index contributed by atoms with van der Waals surface area (Å²) in [5.41, 5.74) is 0.957. The highest BCUT2D eigenvalue weighted by atomic mass is 32.2. The molecule has 2 aromatic rings. The maximum Gasteiger partial charge on any atom is 0.323 e. The molecule has 2 aliphatic rings. The molecule has 0 radical (unpaired) electrons. The molecule has 0 aliphatic carbocycles. The molecule has 2 aromatic carbocycles. The standard InChI is InChI=1S/C19H15FN4O2S/c20-12-2-1-3-14(10-12)24-19(25)23-13-4-6-15(7-5-13)26-17-16-8-9-27-18(16)22-11-21-17/h1-11,16,18H,(H2,23,24,25). The van der Waals surface area contributed by atoms with E-state index >= 15 is 0 Å². The summed E-state index contributed by atoms with van der Waals surface area (Å²) < 4.78 is 19.0. The van der Waals surface area contributed by atoms with Crippen LogP contribution in [-0.4, -0.2) is 23.6 Å². The van der Waals surface area contributed by atoms with Crippen molar-refractivity contribution in [2.75, 3.05) is 10.6 Å². The second kappa shape index (κ2) is 7.63. The number of halogens is 1. The van der Waals surface area contributed by atoms with Gasteiger partial charge < -0.3 is 15.4 Å². The Balaban J connectivity index is 1.36. The molecule has 2 N–H and O–H groups in total. The predicted octanol–water partition coefficient (Wildman–Crippen LogP) is 4.49. The Hall–Kier alpha value is -3.13. The number of rotatable bonds is 3. The van der Waals surface area contributed by atoms with Gasteiger partial charge in [0.15, 0.2) is 0 Å². The van der Waals surface area contributed by atoms with Crippen molar-refractivity contribution in [2.45, 2.75) is 5.37 Å². The quantitative estimate of drug-likeness (QED) is 0.821. The van der Waals surface area contributed by atoms with Crippen LogP contribution >= 0.6 is 11.8 Å². The highest BCUT2D eigenvalue weighted by Gasteiger charge is 2.31. The van der Waals surface area contributed by atoms with Gasteiger partial charge in [0.1, 0.15) is 23.3 Å². The number of urea groups is 1. The number of fused-ring (bicyclic) bond motifs is 1. The zero-order chi connectivity index (χ0) is 18.6. The van der Waals surface area contributed by atoms with Gasteiger partial charge in [-0.3, -0.25) is 4.99 Å². The Kier molecular flexibility index (Phi) is 4.88. The molecule has 6 nitrogen and oxygen atoms in total. The monoisotopic (exact) mass is 382 g/mol. The molecule has 2 amide bonds. The van der Waals surface area contributed by atoms with Crippen molar-refractivity contribution < 1.29 is 13.9 Å². The molecule has 136 valence electrons. The van der Waals surface area contributed by atoms with Crippen molar-refractivity contribution in [2.24, 2.45) is 15.9 Å². The number of thioether (sulfide) groups is 1. The fraction of sp³-hybridized carbons (Fsp3) is 0.105. The Bertz CT molecular complexity index is 943. The molecule has 0 bridgehead atoms. The van der Waals surface area contributed by atoms with Crippen LogP contribution in [0.1, 0.15) is 0 Å². The molecule has 2 atom stereocenters. The maximum absolute atomic E-state index is 13.2. The third-order valence-electron chi connectivity index (χ3n) is 3.91. The van der Waals surface area contributed by atoms with E-state index in [1.807, 2.05) is 11.5 Å². The summed E-state index contributed by atoms with van der Waals surface area (Å²) in [5.74, 6) is 0.836. The summed E-state index contributed by atoms with van der Waals surface area (Å²) in [6, 6.07) is 12.1. The number of aliphatic imine (C=N–C) groups is 2. The summed E-state index contributed by atoms with van der Waals surface area (Å²) >= 11 is 1.63. The first-order valence-corrected chi connectivity index (χ1v) is 9.15. The summed E-state index contributed by atoms with van der Waals surface area (Å²) in [6.45, 7) is 0. The molecule has 0 saturated carbocycles. The number of nitrogens with zero attached hydrogens (tertiary/aromatic N) is 2. The molecule has 4 rings (SSSR count). The van der Waals surface area contributed by atoms with Gasteiger partial charge in [-0.05, 0) is 47.9 Å². The van der Waals surface area contributed by atoms with Crippen LogP contribution in [0.15, 0.2) is 70.0 Å². The lowest BCUT2D eigenvalue weighted by molar-refractivity contribution is 0.262. The van der Waals surface area contributed by atoms with Crippen molar-refractivity contribution in [1.82, 2.24) is 0 Å². The van der Waals surface area contributed by atoms with Crippen molar-refractivity contribution in [3.63, 3.8) is 0 Å². The van der Waals surface area contributed by atoms with Crippen LogP contribution in [0.2, 0.25) is 0 Å². The van der Waals surface area contributed by atoms with Gasteiger partial charge in [0.2, 0.25) is 5.90 Å². The number of benzene rings is 2. The first kappa shape index (κ1) is 17.3. The van der Waals surface area contributed by atoms with Crippen LogP contribution < -0.4 is 15.4 Å². The van der Waals surface area contributed by atoms with Gasteiger partial charge in [-0.15, -0.1) is 11.8 Å². The molecular weight excluding hydrogens is 367 g/mol. The number of hydrogen-bond donors (Lipinski definition) is 2. The Morgan fingerprint density at radius 3 is 2.74 bits per heavy atom. The van der Waals surface area contributed by atoms with Crippen LogP contribution in [0.25, 0.3) is 0 Å². The van der Waals surface area contributed by atoms with Crippen molar-refractivity contribution in [3.05, 3.63) is 65.8 Å². The second-order valence-electron chi connectivity index (χ2n) is 5.83. The van der Waals surface area contributed by atoms with Gasteiger partial charge in [0.05, 0.1) is 5.92 Å². The number of carbonyl (C=O) groups excluding carboxylic acids is 1. The van der Waals surface area contributed by atoms with Gasteiger partial charge in [0.25, 0.3) is 0 Å². The van der Waals surface area contributed by atoms with Crippen LogP contribution in [0.4, 0.5) is 20.6 Å². The number of nitrogens with one attached hydrogen (secondary N) is 2. The van der Waals surface area contributed by atoms with Gasteiger partial charge in [-0.25, -0.2) is 14.2 Å². The van der Waals surface area contributed by atoms with E-state index in [2.05, 4.69) is 20.6 Å². The van der Waals surface area contributed by atoms with E-state index in [0.29, 0.717) is 23.0 Å². The first-order chi connectivity index (χ1) is 13.2. The average molecular weight is 382 g/mol. The summed E-state index contributed by atoms with van der Waals surface area (Å²) in [4.78, 5) is 20.5. The summed E-state index contributed by atoms with van der Waals surface area (Å²) in [5, 5.41) is 7.34. The van der Waals surface area contributed by atoms with E-state index in [4.69, 9.17) is 4.74 Å². The van der Waals surface area contributed by atoms with E-state index in [0.717, 1.165) is 0 Å². The largest absolute Gasteiger partial charge is 0.442 e. The van der Waals surface area contributed by atoms with E-state index in [1.165, 1.54) is 24.5 Å². The topological polar surface area (TPSA) is 75.1 Å². The number of ether oxygens (including phenoxy) is 1. The molecule has 2 aliphatic heterocycles. The van der Waals surface area contributed by atoms with Gasteiger partial charge in [-0.2, -0.15) is 0 Å². The highest BCUT2D eigenvalue weighted by molar-refractivity contribution is 8.03. The van der Waals surface area contributed by atoms with E-state index in [1.54, 1.807) is 42.1 Å². The molecule has 0 saturated heterocycles. The summed E-state index contributed by atoms with van der Waals surface area (Å²) in [6.07, 6.45) is 3.54. The van der Waals surface area contributed by atoms with Gasteiger partial charge in [-0.1, -0.05) is 12.1 Å². The highest BCUT2D eigenvalue weighted by Crippen LogP contribution is 2.34. The van der Waals surface area contributed by atoms with Crippen molar-refractivity contribution >= 4 is 41.4 Å². The fourth-order valence-corrected chi connectivity index (χ4v) is 3.57. The number of anilines is 2. The Morgan fingerprint density at radius 2 is 1.93 bits per heavy atom. The third-order valence-corrected chi connectivity index (χ3v) is 4.92. The van der Waals surface area contributed by atoms with E-state index in [-0.39, 0.29) is 11.3 Å². The molecule has 0 aromatic heterocycles. The number of carbonyl (C=O) groups is 1. The Labute approximate surface area is 159 Å². The minimum atomic E-state index is -0.460. The van der Waals surface area contributed by atoms with Crippen molar-refractivity contribution in [3.8, 4) is 5.75 Å². The predicted molar refractivity (Wildman–Crippen MR) is 106 cm³/mol. The number of hydrogen-bond acceptors (Lipinski definition) is 5. The molecule has 0 spiro atoms. The van der Waals surface area contributed by atoms with Crippen LogP contribution in [-0.2, 0) is 0 Å². The fourth-order valence-electron chi connectivity index (χ4n) is 2.65. The molecule has 2 unspecified atom stereocenters. The maximum atomic E-state index is 13.2. The molecule has 0 fully saturated rings. The zero-order valence-electron chi connectivity index (χ0n) is 14.0.